The van der Waals surface area contributed by atoms with Crippen LogP contribution in [0.25, 0.3) is 0 Å². The topological polar surface area (TPSA) is 45.6 Å². The zero-order chi connectivity index (χ0) is 19.6. The highest BCUT2D eigenvalue weighted by Gasteiger charge is 2.21. The van der Waals surface area contributed by atoms with Gasteiger partial charge < -0.3 is 15.0 Å². The van der Waals surface area contributed by atoms with Gasteiger partial charge in [-0.1, -0.05) is 6.07 Å². The van der Waals surface area contributed by atoms with Gasteiger partial charge in [0, 0.05) is 51.0 Å². The molecule has 1 N–H and O–H groups in total. The minimum absolute atomic E-state index is 0.757. The summed E-state index contributed by atoms with van der Waals surface area (Å²) in [7, 11) is 3.69. The van der Waals surface area contributed by atoms with Crippen LogP contribution in [0.3, 0.4) is 0 Å². The first kappa shape index (κ1) is 19.6. The normalized spacial score (nSPS) is 15.1. The SMILES string of the molecule is COc1ccc(C)cc1NC(=S)N1CCN(Cc2c(C)nn(C)c2C)CC1. The standard InChI is InChI=1S/C20H29N5OS/c1-14-6-7-19(26-5)18(12-14)21-20(27)25-10-8-24(9-11-25)13-17-15(2)22-23(4)16(17)3/h6-7,12H,8-11,13H2,1-5H3,(H,21,27). The van der Waals surface area contributed by atoms with Crippen molar-refractivity contribution >= 4 is 23.0 Å². The van der Waals surface area contributed by atoms with E-state index in [0.717, 1.165) is 55.0 Å². The van der Waals surface area contributed by atoms with Crippen LogP contribution in [0.4, 0.5) is 5.69 Å². The first-order chi connectivity index (χ1) is 12.9. The quantitative estimate of drug-likeness (QED) is 0.814. The van der Waals surface area contributed by atoms with Gasteiger partial charge in [-0.3, -0.25) is 9.58 Å². The molecule has 3 rings (SSSR count). The molecule has 0 bridgehead atoms. The van der Waals surface area contributed by atoms with Crippen molar-refractivity contribution in [3.63, 3.8) is 0 Å². The molecule has 1 fully saturated rings. The summed E-state index contributed by atoms with van der Waals surface area (Å²) >= 11 is 5.65. The third kappa shape index (κ3) is 4.42. The molecular formula is C20H29N5OS. The van der Waals surface area contributed by atoms with Crippen LogP contribution in [-0.4, -0.2) is 58.0 Å². The van der Waals surface area contributed by atoms with E-state index in [-0.39, 0.29) is 0 Å². The summed E-state index contributed by atoms with van der Waals surface area (Å²) in [5.74, 6) is 0.809. The second-order valence-corrected chi connectivity index (χ2v) is 7.56. The molecule has 27 heavy (non-hydrogen) atoms. The van der Waals surface area contributed by atoms with E-state index in [1.807, 2.05) is 23.9 Å². The molecule has 2 heterocycles. The average Bonchev–Trinajstić information content (AvgIpc) is 2.88. The fraction of sp³-hybridized carbons (Fsp3) is 0.500. The Bertz CT molecular complexity index is 824. The van der Waals surface area contributed by atoms with Crippen molar-refractivity contribution in [1.82, 2.24) is 19.6 Å². The zero-order valence-electron chi connectivity index (χ0n) is 16.9. The second kappa shape index (κ2) is 8.27. The molecule has 1 saturated heterocycles. The lowest BCUT2D eigenvalue weighted by Crippen LogP contribution is -2.49. The summed E-state index contributed by atoms with van der Waals surface area (Å²) in [6.07, 6.45) is 0. The van der Waals surface area contributed by atoms with E-state index in [0.29, 0.717) is 0 Å². The van der Waals surface area contributed by atoms with Gasteiger partial charge in [0.15, 0.2) is 5.11 Å². The Hall–Kier alpha value is -2.12. The molecule has 1 aliphatic rings. The Kier molecular flexibility index (Phi) is 6.01. The lowest BCUT2D eigenvalue weighted by molar-refractivity contribution is 0.176. The predicted octanol–water partition coefficient (Wildman–Crippen LogP) is 2.87. The monoisotopic (exact) mass is 387 g/mol. The molecule has 7 heteroatoms. The molecule has 6 nitrogen and oxygen atoms in total. The van der Waals surface area contributed by atoms with Crippen molar-refractivity contribution in [2.24, 2.45) is 7.05 Å². The highest BCUT2D eigenvalue weighted by Crippen LogP contribution is 2.26. The largest absolute Gasteiger partial charge is 0.495 e. The maximum Gasteiger partial charge on any atom is 0.173 e. The molecule has 2 aromatic rings. The van der Waals surface area contributed by atoms with Crippen LogP contribution in [0, 0.1) is 20.8 Å². The van der Waals surface area contributed by atoms with Crippen LogP contribution in [0.5, 0.6) is 5.75 Å². The van der Waals surface area contributed by atoms with Gasteiger partial charge in [-0.15, -0.1) is 0 Å². The van der Waals surface area contributed by atoms with Crippen molar-refractivity contribution < 1.29 is 4.74 Å². The summed E-state index contributed by atoms with van der Waals surface area (Å²) in [5, 5.41) is 8.64. The summed E-state index contributed by atoms with van der Waals surface area (Å²) in [6, 6.07) is 6.07. The first-order valence-electron chi connectivity index (χ1n) is 9.31. The highest BCUT2D eigenvalue weighted by molar-refractivity contribution is 7.80. The Labute approximate surface area is 167 Å². The number of aryl methyl sites for hydroxylation is 3. The fourth-order valence-corrected chi connectivity index (χ4v) is 3.79. The Morgan fingerprint density at radius 1 is 1.19 bits per heavy atom. The summed E-state index contributed by atoms with van der Waals surface area (Å²) in [5.41, 5.74) is 5.82. The molecule has 0 spiro atoms. The molecule has 0 unspecified atom stereocenters. The van der Waals surface area contributed by atoms with Crippen molar-refractivity contribution in [1.29, 1.82) is 0 Å². The Morgan fingerprint density at radius 3 is 2.48 bits per heavy atom. The summed E-state index contributed by atoms with van der Waals surface area (Å²) in [4.78, 5) is 4.71. The van der Waals surface area contributed by atoms with Crippen LogP contribution in [0.1, 0.15) is 22.5 Å². The number of rotatable bonds is 4. The number of methoxy groups -OCH3 is 1. The third-order valence-corrected chi connectivity index (χ3v) is 5.66. The summed E-state index contributed by atoms with van der Waals surface area (Å²) < 4.78 is 7.41. The Morgan fingerprint density at radius 2 is 1.89 bits per heavy atom. The van der Waals surface area contributed by atoms with Crippen molar-refractivity contribution in [3.05, 3.63) is 40.7 Å². The van der Waals surface area contributed by atoms with E-state index in [2.05, 4.69) is 47.1 Å². The van der Waals surface area contributed by atoms with Crippen LogP contribution in [0.15, 0.2) is 18.2 Å². The van der Waals surface area contributed by atoms with E-state index >= 15 is 0 Å². The minimum Gasteiger partial charge on any atom is -0.495 e. The Balaban J connectivity index is 1.57. The van der Waals surface area contributed by atoms with E-state index in [1.165, 1.54) is 16.8 Å². The lowest BCUT2D eigenvalue weighted by atomic mass is 10.1. The average molecular weight is 388 g/mol. The molecule has 1 aromatic heterocycles. The van der Waals surface area contributed by atoms with Gasteiger partial charge in [0.05, 0.1) is 18.5 Å². The maximum absolute atomic E-state index is 5.65. The minimum atomic E-state index is 0.757. The maximum atomic E-state index is 5.65. The van der Waals surface area contributed by atoms with Crippen molar-refractivity contribution in [2.75, 3.05) is 38.6 Å². The van der Waals surface area contributed by atoms with Crippen LogP contribution >= 0.6 is 12.2 Å². The van der Waals surface area contributed by atoms with E-state index in [1.54, 1.807) is 7.11 Å². The molecule has 0 radical (unpaired) electrons. The smallest absolute Gasteiger partial charge is 0.173 e. The second-order valence-electron chi connectivity index (χ2n) is 7.17. The molecule has 1 aromatic carbocycles. The molecule has 146 valence electrons. The van der Waals surface area contributed by atoms with Crippen LogP contribution in [-0.2, 0) is 13.6 Å². The van der Waals surface area contributed by atoms with Gasteiger partial charge in [0.1, 0.15) is 5.75 Å². The van der Waals surface area contributed by atoms with Gasteiger partial charge in [-0.05, 0) is 50.7 Å². The van der Waals surface area contributed by atoms with Crippen molar-refractivity contribution in [3.8, 4) is 5.75 Å². The van der Waals surface area contributed by atoms with E-state index in [9.17, 15) is 0 Å². The van der Waals surface area contributed by atoms with E-state index < -0.39 is 0 Å². The number of benzene rings is 1. The van der Waals surface area contributed by atoms with Gasteiger partial charge in [0.25, 0.3) is 0 Å². The van der Waals surface area contributed by atoms with Gasteiger partial charge in [0.2, 0.25) is 0 Å². The number of nitrogens with one attached hydrogen (secondary N) is 1. The van der Waals surface area contributed by atoms with Crippen molar-refractivity contribution in [2.45, 2.75) is 27.3 Å². The number of piperazine rings is 1. The van der Waals surface area contributed by atoms with Gasteiger partial charge in [-0.2, -0.15) is 5.10 Å². The number of anilines is 1. The molecular weight excluding hydrogens is 358 g/mol. The molecule has 0 amide bonds. The van der Waals surface area contributed by atoms with Gasteiger partial charge in [-0.25, -0.2) is 0 Å². The molecule has 0 saturated carbocycles. The summed E-state index contributed by atoms with van der Waals surface area (Å²) in [6.45, 7) is 11.0. The lowest BCUT2D eigenvalue weighted by Gasteiger charge is -2.36. The highest BCUT2D eigenvalue weighted by atomic mass is 32.1. The number of aromatic nitrogens is 2. The first-order valence-corrected chi connectivity index (χ1v) is 9.72. The molecule has 1 aliphatic heterocycles. The van der Waals surface area contributed by atoms with Crippen LogP contribution < -0.4 is 10.1 Å². The number of thiocarbonyl (C=S) groups is 1. The third-order valence-electron chi connectivity index (χ3n) is 5.30. The number of ether oxygens (including phenoxy) is 1. The fourth-order valence-electron chi connectivity index (χ4n) is 3.49. The molecule has 0 aliphatic carbocycles. The molecule has 0 atom stereocenters. The van der Waals surface area contributed by atoms with Crippen LogP contribution in [0.2, 0.25) is 0 Å². The number of hydrogen-bond donors (Lipinski definition) is 1. The zero-order valence-corrected chi connectivity index (χ0v) is 17.7. The predicted molar refractivity (Wildman–Crippen MR) is 113 cm³/mol. The number of nitrogens with zero attached hydrogens (tertiary/aromatic N) is 4. The number of hydrogen-bond acceptors (Lipinski definition) is 4. The van der Waals surface area contributed by atoms with Gasteiger partial charge >= 0.3 is 0 Å². The van der Waals surface area contributed by atoms with E-state index in [4.69, 9.17) is 17.0 Å².